The third-order valence-corrected chi connectivity index (χ3v) is 3.63. The smallest absolute Gasteiger partial charge is 0.247 e. The number of nitrogens with two attached hydrogens (primary N) is 1. The van der Waals surface area contributed by atoms with Crippen molar-refractivity contribution in [3.05, 3.63) is 9.81 Å². The molecule has 1 aliphatic heterocycles. The van der Waals surface area contributed by atoms with E-state index in [-0.39, 0.29) is 6.04 Å². The number of hydrogen-bond donors (Lipinski definition) is 2. The van der Waals surface area contributed by atoms with Gasteiger partial charge in [0.25, 0.3) is 0 Å². The maximum Gasteiger partial charge on any atom is 0.247 e. The lowest BCUT2D eigenvalue weighted by atomic mass is 10.1. The molecule has 0 radical (unpaired) electrons. The number of carbonyl (C=O) groups is 1. The molecule has 5 heteroatoms. The number of rotatable bonds is 3. The minimum Gasteiger partial charge on any atom is -0.366 e. The molecule has 1 rings (SSSR count). The molecule has 1 unspecified atom stereocenters. The van der Waals surface area contributed by atoms with Crippen LogP contribution in [0.25, 0.3) is 0 Å². The number of amides is 1. The second-order valence-electron chi connectivity index (χ2n) is 2.37. The van der Waals surface area contributed by atoms with Crippen molar-refractivity contribution in [2.75, 3.05) is 5.75 Å². The molecule has 0 spiro atoms. The molecule has 68 valence electrons. The summed E-state index contributed by atoms with van der Waals surface area (Å²) in [5.74, 6) is 0.477. The molecular weight excluding hydrogens is 192 g/mol. The number of primary amides is 1. The summed E-state index contributed by atoms with van der Waals surface area (Å²) in [7, 11) is 0. The number of carbonyl (C=O) groups excluding carboxylic acids is 1. The van der Waals surface area contributed by atoms with Gasteiger partial charge in [0.2, 0.25) is 5.91 Å². The van der Waals surface area contributed by atoms with Crippen LogP contribution in [0.2, 0.25) is 1.41 Å². The van der Waals surface area contributed by atoms with E-state index in [0.717, 1.165) is 9.99 Å². The summed E-state index contributed by atoms with van der Waals surface area (Å²) in [6.45, 7) is 3.82. The highest BCUT2D eigenvalue weighted by molar-refractivity contribution is 8.21. The topological polar surface area (TPSA) is 55.1 Å². The summed E-state index contributed by atoms with van der Waals surface area (Å²) in [4.78, 5) is 11.1. The van der Waals surface area contributed by atoms with Crippen LogP contribution < -0.4 is 10.4 Å². The van der Waals surface area contributed by atoms with Gasteiger partial charge in [0.05, 0.1) is 9.81 Å². The third-order valence-electron chi connectivity index (χ3n) is 1.47. The Morgan fingerprint density at radius 3 is 3.17 bits per heavy atom. The molecular formula is C7H12N2OS2. The lowest BCUT2D eigenvalue weighted by Crippen LogP contribution is -2.25. The fourth-order valence-corrected chi connectivity index (χ4v) is 3.05. The molecule has 0 aliphatic carbocycles. The van der Waals surface area contributed by atoms with Crippen LogP contribution in [-0.2, 0) is 4.79 Å². The average Bonchev–Trinajstić information content (AvgIpc) is 2.28. The first-order chi connectivity index (χ1) is 6.07. The predicted molar refractivity (Wildman–Crippen MR) is 54.5 cm³/mol. The van der Waals surface area contributed by atoms with E-state index in [0.29, 0.717) is 5.57 Å². The van der Waals surface area contributed by atoms with Crippen molar-refractivity contribution < 1.29 is 6.21 Å². The molecule has 1 atom stereocenters. The Morgan fingerprint density at radius 2 is 2.67 bits per heavy atom. The van der Waals surface area contributed by atoms with Gasteiger partial charge >= 0.3 is 0 Å². The molecule has 12 heavy (non-hydrogen) atoms. The summed E-state index contributed by atoms with van der Waals surface area (Å²) < 4.78 is 9.68. The van der Waals surface area contributed by atoms with Gasteiger partial charge in [0.1, 0.15) is 1.41 Å². The quantitative estimate of drug-likeness (QED) is 0.677. The van der Waals surface area contributed by atoms with Crippen molar-refractivity contribution in [2.24, 2.45) is 5.73 Å². The fourth-order valence-electron chi connectivity index (χ4n) is 0.941. The lowest BCUT2D eigenvalue weighted by molar-refractivity contribution is -0.114. The zero-order valence-corrected chi connectivity index (χ0v) is 8.67. The molecule has 1 heterocycles. The molecule has 1 aliphatic rings. The molecule has 0 saturated heterocycles. The maximum atomic E-state index is 11.1. The van der Waals surface area contributed by atoms with Crippen LogP contribution in [0.5, 0.6) is 0 Å². The zero-order valence-electron chi connectivity index (χ0n) is 8.03. The van der Waals surface area contributed by atoms with Crippen LogP contribution in [0.15, 0.2) is 9.81 Å². The molecule has 1 amide bonds. The summed E-state index contributed by atoms with van der Waals surface area (Å²) in [6.07, 6.45) is 0. The Balaban J connectivity index is 2.89. The largest absolute Gasteiger partial charge is 0.366 e. The van der Waals surface area contributed by atoms with E-state index in [1.165, 1.54) is 16.7 Å². The molecule has 3 nitrogen and oxygen atoms in total. The van der Waals surface area contributed by atoms with Crippen molar-refractivity contribution in [1.29, 1.82) is 0 Å². The first kappa shape index (κ1) is 8.47. The fraction of sp³-hybridized carbons (Fsp3) is 0.571. The van der Waals surface area contributed by atoms with E-state index in [4.69, 9.17) is 7.15 Å². The predicted octanol–water partition coefficient (Wildman–Crippen LogP) is 1.08. The van der Waals surface area contributed by atoms with E-state index in [1.807, 2.05) is 13.8 Å². The highest BCUT2D eigenvalue weighted by Gasteiger charge is 2.26. The Morgan fingerprint density at radius 1 is 2.00 bits per heavy atom. The Labute approximate surface area is 82.1 Å². The second kappa shape index (κ2) is 4.20. The van der Waals surface area contributed by atoms with E-state index in [2.05, 4.69) is 0 Å². The van der Waals surface area contributed by atoms with Crippen molar-refractivity contribution in [1.82, 2.24) is 4.72 Å². The van der Waals surface area contributed by atoms with Crippen LogP contribution in [0.4, 0.5) is 0 Å². The highest BCUT2D eigenvalue weighted by Crippen LogP contribution is 2.36. The molecule has 0 fully saturated rings. The normalized spacial score (nSPS) is 26.2. The average molecular weight is 205 g/mol. The molecule has 3 N–H and O–H groups in total. The van der Waals surface area contributed by atoms with Crippen molar-refractivity contribution >= 4 is 29.6 Å². The standard InChI is InChI=1S/C7H12N2OS2/c1-3-11-7-5(6(8)10)4(2)9-12-7/h4,9H,3H2,1-2H3,(H2,8,10)/i/hD. The molecule has 0 aromatic heterocycles. The number of nitrogens with one attached hydrogen (secondary N) is 1. The van der Waals surface area contributed by atoms with Crippen molar-refractivity contribution in [3.8, 4) is 0 Å². The summed E-state index contributed by atoms with van der Waals surface area (Å²) in [5.41, 5.74) is 5.81. The highest BCUT2D eigenvalue weighted by atomic mass is 32.2. The first-order valence-electron chi connectivity index (χ1n) is 4.15. The van der Waals surface area contributed by atoms with Crippen molar-refractivity contribution in [3.63, 3.8) is 0 Å². The molecule has 0 saturated carbocycles. The van der Waals surface area contributed by atoms with Crippen LogP contribution in [0.1, 0.15) is 13.8 Å². The van der Waals surface area contributed by atoms with Crippen molar-refractivity contribution in [2.45, 2.75) is 19.9 Å². The van der Waals surface area contributed by atoms with E-state index in [1.54, 1.807) is 11.8 Å². The van der Waals surface area contributed by atoms with Gasteiger partial charge < -0.3 is 5.73 Å². The second-order valence-corrected chi connectivity index (χ2v) is 4.71. The van der Waals surface area contributed by atoms with Gasteiger partial charge in [-0.3, -0.25) is 9.51 Å². The van der Waals surface area contributed by atoms with Gasteiger partial charge in [-0.15, -0.1) is 11.8 Å². The van der Waals surface area contributed by atoms with Gasteiger partial charge in [-0.25, -0.2) is 0 Å². The minimum atomic E-state index is -0.411. The van der Waals surface area contributed by atoms with E-state index < -0.39 is 5.91 Å². The maximum absolute atomic E-state index is 11.1. The van der Waals surface area contributed by atoms with Gasteiger partial charge in [-0.05, 0) is 24.6 Å². The number of thioether (sulfide) groups is 1. The molecule has 0 aromatic rings. The van der Waals surface area contributed by atoms with Crippen LogP contribution in [-0.4, -0.2) is 17.7 Å². The Hall–Kier alpha value is -0.130. The Kier molecular flexibility index (Phi) is 2.97. The number of hydrogen-bond acceptors (Lipinski definition) is 4. The summed E-state index contributed by atoms with van der Waals surface area (Å²) >= 11 is 2.84. The van der Waals surface area contributed by atoms with Crippen LogP contribution in [0.3, 0.4) is 0 Å². The summed E-state index contributed by atoms with van der Waals surface area (Å²) in [5, 5.41) is 0. The van der Waals surface area contributed by atoms with Gasteiger partial charge in [0.15, 0.2) is 0 Å². The zero-order chi connectivity index (χ0) is 10.0. The van der Waals surface area contributed by atoms with Gasteiger partial charge in [-0.2, -0.15) is 0 Å². The molecule has 0 bridgehead atoms. The third kappa shape index (κ3) is 1.97. The van der Waals surface area contributed by atoms with Gasteiger partial charge in [-0.1, -0.05) is 6.92 Å². The van der Waals surface area contributed by atoms with Crippen LogP contribution in [0, 0.1) is 0 Å². The molecule has 0 aromatic carbocycles. The Bertz CT molecular complexity index is 257. The first-order valence-corrected chi connectivity index (χ1v) is 5.46. The summed E-state index contributed by atoms with van der Waals surface area (Å²) in [6, 6.07) is -0.198. The van der Waals surface area contributed by atoms with Crippen LogP contribution >= 0.6 is 23.7 Å². The van der Waals surface area contributed by atoms with Gasteiger partial charge in [0, 0.05) is 6.04 Å². The van der Waals surface area contributed by atoms with E-state index >= 15 is 0 Å². The monoisotopic (exact) mass is 205 g/mol. The lowest BCUT2D eigenvalue weighted by Gasteiger charge is -2.03. The van der Waals surface area contributed by atoms with E-state index in [9.17, 15) is 4.79 Å². The SMILES string of the molecule is [2H]N1SC(SCC)=C(C(N)=O)C1C. The minimum absolute atomic E-state index is 0.198.